The van der Waals surface area contributed by atoms with Gasteiger partial charge in [-0.05, 0) is 30.9 Å². The van der Waals surface area contributed by atoms with Crippen LogP contribution in [0, 0.1) is 0 Å². The number of rotatable bonds is 9. The molecule has 0 aromatic heterocycles. The Balaban J connectivity index is 2.17. The van der Waals surface area contributed by atoms with Crippen molar-refractivity contribution in [3.8, 4) is 17.2 Å². The number of ether oxygens (including phenoxy) is 4. The van der Waals surface area contributed by atoms with Crippen molar-refractivity contribution in [1.29, 1.82) is 0 Å². The Labute approximate surface area is 177 Å². The lowest BCUT2D eigenvalue weighted by Crippen LogP contribution is -2.30. The van der Waals surface area contributed by atoms with Crippen molar-refractivity contribution < 1.29 is 28.5 Å². The number of nitrogens with one attached hydrogen (secondary N) is 1. The Hall–Kier alpha value is -3.22. The first-order valence-electron chi connectivity index (χ1n) is 9.76. The fourth-order valence-electron chi connectivity index (χ4n) is 2.96. The molecule has 1 amide bonds. The average Bonchev–Trinajstić information content (AvgIpc) is 2.77. The van der Waals surface area contributed by atoms with E-state index in [0.29, 0.717) is 17.2 Å². The lowest BCUT2D eigenvalue weighted by Gasteiger charge is -2.19. The molecule has 0 aliphatic carbocycles. The number of carbonyl (C=O) groups excluding carboxylic acids is 2. The summed E-state index contributed by atoms with van der Waals surface area (Å²) >= 11 is 0. The van der Waals surface area contributed by atoms with Crippen LogP contribution in [-0.4, -0.2) is 39.3 Å². The molecule has 0 radical (unpaired) electrons. The van der Waals surface area contributed by atoms with Crippen LogP contribution in [-0.2, 0) is 9.53 Å². The fourth-order valence-corrected chi connectivity index (χ4v) is 2.96. The van der Waals surface area contributed by atoms with E-state index in [9.17, 15) is 9.59 Å². The molecular formula is C23H29NO6. The summed E-state index contributed by atoms with van der Waals surface area (Å²) in [5, 5.41) is 2.86. The van der Waals surface area contributed by atoms with Crippen LogP contribution in [0.5, 0.6) is 17.2 Å². The van der Waals surface area contributed by atoms with Gasteiger partial charge in [0, 0.05) is 17.8 Å². The quantitative estimate of drug-likeness (QED) is 0.611. The molecule has 30 heavy (non-hydrogen) atoms. The third kappa shape index (κ3) is 5.23. The van der Waals surface area contributed by atoms with E-state index < -0.39 is 18.0 Å². The topological polar surface area (TPSA) is 83.1 Å². The largest absolute Gasteiger partial charge is 0.496 e. The molecule has 0 heterocycles. The van der Waals surface area contributed by atoms with E-state index in [1.54, 1.807) is 0 Å². The van der Waals surface area contributed by atoms with Gasteiger partial charge in [0.25, 0.3) is 5.91 Å². The minimum absolute atomic E-state index is 0.134. The van der Waals surface area contributed by atoms with Gasteiger partial charge in [-0.1, -0.05) is 32.0 Å². The molecule has 0 saturated heterocycles. The summed E-state index contributed by atoms with van der Waals surface area (Å²) in [6.07, 6.45) is -0.0726. The number of carbonyl (C=O) groups is 2. The molecule has 0 fully saturated rings. The number of hydrogen-bond donors (Lipinski definition) is 1. The zero-order valence-corrected chi connectivity index (χ0v) is 18.3. The van der Waals surface area contributed by atoms with Gasteiger partial charge in [0.1, 0.15) is 11.3 Å². The van der Waals surface area contributed by atoms with Crippen LogP contribution in [0.4, 0.5) is 5.69 Å². The number of methoxy groups -OCH3 is 3. The lowest BCUT2D eigenvalue weighted by molar-refractivity contribution is -0.123. The average molecular weight is 415 g/mol. The minimum atomic E-state index is -1.01. The van der Waals surface area contributed by atoms with E-state index in [2.05, 4.69) is 19.2 Å². The van der Waals surface area contributed by atoms with E-state index in [1.165, 1.54) is 40.4 Å². The Morgan fingerprint density at radius 3 is 2.13 bits per heavy atom. The third-order valence-corrected chi connectivity index (χ3v) is 4.94. The van der Waals surface area contributed by atoms with Gasteiger partial charge in [-0.15, -0.1) is 0 Å². The molecule has 7 heteroatoms. The zero-order chi connectivity index (χ0) is 22.3. The second-order valence-corrected chi connectivity index (χ2v) is 6.84. The van der Waals surface area contributed by atoms with Gasteiger partial charge in [-0.3, -0.25) is 4.79 Å². The first kappa shape index (κ1) is 23.1. The molecule has 2 atom stereocenters. The van der Waals surface area contributed by atoms with Crippen LogP contribution in [0.15, 0.2) is 36.4 Å². The predicted molar refractivity (Wildman–Crippen MR) is 115 cm³/mol. The van der Waals surface area contributed by atoms with Gasteiger partial charge >= 0.3 is 5.97 Å². The van der Waals surface area contributed by atoms with Gasteiger partial charge in [0.15, 0.2) is 17.6 Å². The number of esters is 1. The van der Waals surface area contributed by atoms with Crippen molar-refractivity contribution >= 4 is 17.6 Å². The number of para-hydroxylation sites is 1. The molecule has 0 aliphatic rings. The third-order valence-electron chi connectivity index (χ3n) is 4.94. The molecule has 2 aromatic rings. The van der Waals surface area contributed by atoms with Crippen LogP contribution in [0.3, 0.4) is 0 Å². The fraction of sp³-hybridized carbons (Fsp3) is 0.391. The molecule has 2 aromatic carbocycles. The normalized spacial score (nSPS) is 12.5. The molecule has 0 unspecified atom stereocenters. The number of anilines is 1. The SMILES string of the molecule is CC[C@@H](C)c1ccccc1NC(=O)[C@H](C)OC(=O)c1cc(OC)c(OC)cc1OC. The van der Waals surface area contributed by atoms with Crippen LogP contribution < -0.4 is 19.5 Å². The Kier molecular flexibility index (Phi) is 8.09. The second-order valence-electron chi connectivity index (χ2n) is 6.84. The molecule has 2 rings (SSSR count). The Bertz CT molecular complexity index is 895. The first-order chi connectivity index (χ1) is 14.4. The van der Waals surface area contributed by atoms with Crippen LogP contribution in [0.25, 0.3) is 0 Å². The smallest absolute Gasteiger partial charge is 0.342 e. The van der Waals surface area contributed by atoms with Gasteiger partial charge in [0.2, 0.25) is 0 Å². The summed E-state index contributed by atoms with van der Waals surface area (Å²) in [5.41, 5.74) is 1.88. The van der Waals surface area contributed by atoms with E-state index in [1.807, 2.05) is 24.3 Å². The number of benzene rings is 2. The maximum atomic E-state index is 12.7. The lowest BCUT2D eigenvalue weighted by atomic mass is 9.97. The monoisotopic (exact) mass is 415 g/mol. The van der Waals surface area contributed by atoms with Crippen molar-refractivity contribution in [1.82, 2.24) is 0 Å². The summed E-state index contributed by atoms with van der Waals surface area (Å²) < 4.78 is 21.1. The highest BCUT2D eigenvalue weighted by Gasteiger charge is 2.24. The molecular weight excluding hydrogens is 386 g/mol. The van der Waals surface area contributed by atoms with Crippen molar-refractivity contribution in [3.63, 3.8) is 0 Å². The molecule has 0 saturated carbocycles. The number of amides is 1. The molecule has 0 spiro atoms. The van der Waals surface area contributed by atoms with Crippen molar-refractivity contribution in [2.75, 3.05) is 26.6 Å². The summed E-state index contributed by atoms with van der Waals surface area (Å²) in [6, 6.07) is 10.6. The summed E-state index contributed by atoms with van der Waals surface area (Å²) in [7, 11) is 4.38. The number of hydrogen-bond acceptors (Lipinski definition) is 6. The van der Waals surface area contributed by atoms with Gasteiger partial charge < -0.3 is 24.3 Å². The second kappa shape index (κ2) is 10.5. The van der Waals surface area contributed by atoms with Crippen molar-refractivity contribution in [2.24, 2.45) is 0 Å². The van der Waals surface area contributed by atoms with Crippen LogP contribution >= 0.6 is 0 Å². The predicted octanol–water partition coefficient (Wildman–Crippen LogP) is 4.41. The summed E-state index contributed by atoms with van der Waals surface area (Å²) in [5.74, 6) is 0.190. The summed E-state index contributed by atoms with van der Waals surface area (Å²) in [4.78, 5) is 25.4. The van der Waals surface area contributed by atoms with Gasteiger partial charge in [0.05, 0.1) is 21.3 Å². The molecule has 0 aliphatic heterocycles. The van der Waals surface area contributed by atoms with E-state index in [4.69, 9.17) is 18.9 Å². The van der Waals surface area contributed by atoms with Gasteiger partial charge in [-0.25, -0.2) is 4.79 Å². The highest BCUT2D eigenvalue weighted by molar-refractivity contribution is 5.99. The first-order valence-corrected chi connectivity index (χ1v) is 9.76. The molecule has 0 bridgehead atoms. The molecule has 7 nitrogen and oxygen atoms in total. The molecule has 1 N–H and O–H groups in total. The van der Waals surface area contributed by atoms with E-state index in [0.717, 1.165) is 12.0 Å². The highest BCUT2D eigenvalue weighted by atomic mass is 16.6. The van der Waals surface area contributed by atoms with Crippen molar-refractivity contribution in [3.05, 3.63) is 47.5 Å². The highest BCUT2D eigenvalue weighted by Crippen LogP contribution is 2.35. The Morgan fingerprint density at radius 1 is 0.933 bits per heavy atom. The van der Waals surface area contributed by atoms with Crippen LogP contribution in [0.1, 0.15) is 49.0 Å². The minimum Gasteiger partial charge on any atom is -0.496 e. The van der Waals surface area contributed by atoms with E-state index >= 15 is 0 Å². The van der Waals surface area contributed by atoms with Crippen molar-refractivity contribution in [2.45, 2.75) is 39.2 Å². The van der Waals surface area contributed by atoms with Gasteiger partial charge in [-0.2, -0.15) is 0 Å². The maximum absolute atomic E-state index is 12.7. The maximum Gasteiger partial charge on any atom is 0.342 e. The standard InChI is InChI=1S/C23H29NO6/c1-7-14(2)16-10-8-9-11-18(16)24-22(25)15(3)30-23(26)17-12-20(28-5)21(29-6)13-19(17)27-4/h8-15H,7H2,1-6H3,(H,24,25)/t14-,15+/m1/s1. The van der Waals surface area contributed by atoms with E-state index in [-0.39, 0.29) is 17.2 Å². The Morgan fingerprint density at radius 2 is 1.53 bits per heavy atom. The molecule has 162 valence electrons. The zero-order valence-electron chi connectivity index (χ0n) is 18.3. The van der Waals surface area contributed by atoms with Crippen LogP contribution in [0.2, 0.25) is 0 Å². The summed E-state index contributed by atoms with van der Waals surface area (Å²) in [6.45, 7) is 5.70.